The molecule has 0 aliphatic carbocycles. The van der Waals surface area contributed by atoms with Crippen LogP contribution in [0.25, 0.3) is 0 Å². The van der Waals surface area contributed by atoms with E-state index in [4.69, 9.17) is 0 Å². The van der Waals surface area contributed by atoms with Crippen molar-refractivity contribution in [1.82, 2.24) is 0 Å². The van der Waals surface area contributed by atoms with E-state index in [-0.39, 0.29) is 0 Å². The van der Waals surface area contributed by atoms with Gasteiger partial charge in [-0.1, -0.05) is 79.9 Å². The van der Waals surface area contributed by atoms with Crippen molar-refractivity contribution in [1.29, 1.82) is 0 Å². The van der Waals surface area contributed by atoms with Gasteiger partial charge in [-0.2, -0.15) is 0 Å². The molecule has 2 rings (SSSR count). The molecule has 0 heteroatoms. The molecule has 0 spiro atoms. The summed E-state index contributed by atoms with van der Waals surface area (Å²) in [4.78, 5) is 0. The first-order valence-corrected chi connectivity index (χ1v) is 7.26. The van der Waals surface area contributed by atoms with Gasteiger partial charge in [0.2, 0.25) is 0 Å². The van der Waals surface area contributed by atoms with Crippen molar-refractivity contribution in [3.63, 3.8) is 0 Å². The summed E-state index contributed by atoms with van der Waals surface area (Å²) in [5, 5.41) is 0. The molecule has 102 valence electrons. The van der Waals surface area contributed by atoms with Crippen molar-refractivity contribution in [3.05, 3.63) is 70.8 Å². The van der Waals surface area contributed by atoms with Crippen molar-refractivity contribution < 1.29 is 0 Å². The minimum absolute atomic E-state index is 1.14. The van der Waals surface area contributed by atoms with Crippen molar-refractivity contribution in [3.8, 4) is 0 Å². The Morgan fingerprint density at radius 1 is 0.632 bits per heavy atom. The highest BCUT2D eigenvalue weighted by Gasteiger charge is 1.88. The summed E-state index contributed by atoms with van der Waals surface area (Å²) in [6.45, 7) is 8.61. The summed E-state index contributed by atoms with van der Waals surface area (Å²) in [7, 11) is 0. The third kappa shape index (κ3) is 6.24. The second kappa shape index (κ2) is 8.53. The van der Waals surface area contributed by atoms with Crippen LogP contribution in [0, 0.1) is 13.8 Å². The molecule has 0 fully saturated rings. The number of benzene rings is 2. The van der Waals surface area contributed by atoms with Crippen LogP contribution in [0.3, 0.4) is 0 Å². The molecule has 0 amide bonds. The first-order chi connectivity index (χ1) is 9.15. The molecule has 0 N–H and O–H groups in total. The number of aryl methyl sites for hydroxylation is 4. The van der Waals surface area contributed by atoms with Crippen LogP contribution in [0.2, 0.25) is 0 Å². The lowest BCUT2D eigenvalue weighted by atomic mass is 10.1. The summed E-state index contributed by atoms with van der Waals surface area (Å²) in [5.74, 6) is 0. The molecule has 0 saturated carbocycles. The molecule has 0 aliphatic heterocycles. The third-order valence-corrected chi connectivity index (χ3v) is 3.19. The monoisotopic (exact) mass is 254 g/mol. The van der Waals surface area contributed by atoms with E-state index in [0.29, 0.717) is 0 Å². The minimum Gasteiger partial charge on any atom is -0.0651 e. The Hall–Kier alpha value is -1.56. The molecule has 2 aromatic rings. The zero-order chi connectivity index (χ0) is 14.1. The highest BCUT2D eigenvalue weighted by Crippen LogP contribution is 2.04. The quantitative estimate of drug-likeness (QED) is 0.678. The van der Waals surface area contributed by atoms with Gasteiger partial charge in [-0.25, -0.2) is 0 Å². The SMILES string of the molecule is CCCc1ccc(C)cc1.CCc1ccc(C)cc1. The molecular formula is C19H26. The number of hydrogen-bond donors (Lipinski definition) is 0. The predicted molar refractivity (Wildman–Crippen MR) is 85.7 cm³/mol. The number of hydrogen-bond acceptors (Lipinski definition) is 0. The zero-order valence-corrected chi connectivity index (χ0v) is 12.7. The maximum atomic E-state index is 2.21. The van der Waals surface area contributed by atoms with Gasteiger partial charge in [-0.3, -0.25) is 0 Å². The van der Waals surface area contributed by atoms with E-state index in [9.17, 15) is 0 Å². The molecule has 0 heterocycles. The fourth-order valence-electron chi connectivity index (χ4n) is 1.87. The molecule has 0 bridgehead atoms. The van der Waals surface area contributed by atoms with Gasteiger partial charge < -0.3 is 0 Å². The van der Waals surface area contributed by atoms with E-state index in [1.807, 2.05) is 0 Å². The van der Waals surface area contributed by atoms with E-state index >= 15 is 0 Å². The van der Waals surface area contributed by atoms with E-state index in [1.54, 1.807) is 0 Å². The van der Waals surface area contributed by atoms with Gasteiger partial charge in [0.1, 0.15) is 0 Å². The lowest BCUT2D eigenvalue weighted by Crippen LogP contribution is -1.81. The molecule has 0 saturated heterocycles. The van der Waals surface area contributed by atoms with Crippen molar-refractivity contribution in [2.45, 2.75) is 47.0 Å². The first kappa shape index (κ1) is 15.5. The van der Waals surface area contributed by atoms with Gasteiger partial charge in [0, 0.05) is 0 Å². The van der Waals surface area contributed by atoms with Gasteiger partial charge in [0.05, 0.1) is 0 Å². The van der Waals surface area contributed by atoms with Gasteiger partial charge in [-0.15, -0.1) is 0 Å². The summed E-state index contributed by atoms with van der Waals surface area (Å²) < 4.78 is 0. The molecule has 0 aromatic heterocycles. The predicted octanol–water partition coefficient (Wildman–Crippen LogP) is 5.50. The Balaban J connectivity index is 0.000000191. The molecule has 19 heavy (non-hydrogen) atoms. The lowest BCUT2D eigenvalue weighted by Gasteiger charge is -1.97. The van der Waals surface area contributed by atoms with Gasteiger partial charge in [0.25, 0.3) is 0 Å². The maximum absolute atomic E-state index is 2.21. The highest BCUT2D eigenvalue weighted by atomic mass is 13.9. The van der Waals surface area contributed by atoms with Crippen molar-refractivity contribution in [2.75, 3.05) is 0 Å². The normalized spacial score (nSPS) is 9.68. The molecule has 2 aromatic carbocycles. The fourth-order valence-corrected chi connectivity index (χ4v) is 1.87. The van der Waals surface area contributed by atoms with Crippen molar-refractivity contribution >= 4 is 0 Å². The van der Waals surface area contributed by atoms with E-state index in [0.717, 1.165) is 6.42 Å². The smallest absolute Gasteiger partial charge is 0.0281 e. The minimum atomic E-state index is 1.14. The van der Waals surface area contributed by atoms with Crippen LogP contribution in [0.5, 0.6) is 0 Å². The van der Waals surface area contributed by atoms with Crippen LogP contribution in [-0.2, 0) is 12.8 Å². The van der Waals surface area contributed by atoms with Crippen LogP contribution in [0.15, 0.2) is 48.5 Å². The summed E-state index contributed by atoms with van der Waals surface area (Å²) in [6.07, 6.45) is 3.59. The largest absolute Gasteiger partial charge is 0.0651 e. The molecule has 0 radical (unpaired) electrons. The summed E-state index contributed by atoms with van der Waals surface area (Å²) in [5.41, 5.74) is 5.56. The van der Waals surface area contributed by atoms with Crippen LogP contribution < -0.4 is 0 Å². The maximum Gasteiger partial charge on any atom is -0.0281 e. The van der Waals surface area contributed by atoms with Gasteiger partial charge >= 0.3 is 0 Å². The Labute approximate surface area is 118 Å². The fraction of sp³-hybridized carbons (Fsp3) is 0.368. The Kier molecular flexibility index (Phi) is 6.95. The molecule has 0 aliphatic rings. The third-order valence-electron chi connectivity index (χ3n) is 3.19. The molecule has 0 nitrogen and oxygen atoms in total. The summed E-state index contributed by atoms with van der Waals surface area (Å²) in [6, 6.07) is 17.4. The van der Waals surface area contributed by atoms with Crippen LogP contribution in [0.4, 0.5) is 0 Å². The Morgan fingerprint density at radius 2 is 1.05 bits per heavy atom. The molecule has 0 atom stereocenters. The highest BCUT2D eigenvalue weighted by molar-refractivity contribution is 5.21. The van der Waals surface area contributed by atoms with E-state index < -0.39 is 0 Å². The van der Waals surface area contributed by atoms with Crippen LogP contribution >= 0.6 is 0 Å². The van der Waals surface area contributed by atoms with E-state index in [1.165, 1.54) is 35.1 Å². The summed E-state index contributed by atoms with van der Waals surface area (Å²) >= 11 is 0. The topological polar surface area (TPSA) is 0 Å². The second-order valence-electron chi connectivity index (χ2n) is 5.07. The van der Waals surface area contributed by atoms with Crippen molar-refractivity contribution in [2.24, 2.45) is 0 Å². The Bertz CT molecular complexity index is 448. The zero-order valence-electron chi connectivity index (χ0n) is 12.7. The average molecular weight is 254 g/mol. The second-order valence-corrected chi connectivity index (χ2v) is 5.07. The van der Waals surface area contributed by atoms with Gasteiger partial charge in [-0.05, 0) is 37.8 Å². The standard InChI is InChI=1S/C10H14.C9H12/c1-3-4-10-7-5-9(2)6-8-10;1-3-9-6-4-8(2)5-7-9/h5-8H,3-4H2,1-2H3;4-7H,3H2,1-2H3. The van der Waals surface area contributed by atoms with Crippen LogP contribution in [0.1, 0.15) is 42.5 Å². The number of rotatable bonds is 3. The van der Waals surface area contributed by atoms with Gasteiger partial charge in [0.15, 0.2) is 0 Å². The Morgan fingerprint density at radius 3 is 1.42 bits per heavy atom. The molecule has 0 unspecified atom stereocenters. The average Bonchev–Trinajstić information content (AvgIpc) is 2.43. The lowest BCUT2D eigenvalue weighted by molar-refractivity contribution is 0.921. The molecular weight excluding hydrogens is 228 g/mol. The van der Waals surface area contributed by atoms with E-state index in [2.05, 4.69) is 76.2 Å². The first-order valence-electron chi connectivity index (χ1n) is 7.26. The van der Waals surface area contributed by atoms with Crippen LogP contribution in [-0.4, -0.2) is 0 Å².